The summed E-state index contributed by atoms with van der Waals surface area (Å²) in [7, 11) is 0. The highest BCUT2D eigenvalue weighted by molar-refractivity contribution is 9.10. The Morgan fingerprint density at radius 1 is 1.11 bits per heavy atom. The number of rotatable bonds is 7. The van der Waals surface area contributed by atoms with E-state index in [-0.39, 0.29) is 0 Å². The number of anilines is 2. The molecule has 0 aliphatic heterocycles. The van der Waals surface area contributed by atoms with Gasteiger partial charge in [0, 0.05) is 19.6 Å². The summed E-state index contributed by atoms with van der Waals surface area (Å²) in [4.78, 5) is 11.5. The molecule has 0 radical (unpaired) electrons. The minimum Gasteiger partial charge on any atom is -0.369 e. The van der Waals surface area contributed by atoms with Crippen molar-refractivity contribution >= 4 is 27.7 Å². The molecule has 1 aromatic heterocycles. The van der Waals surface area contributed by atoms with E-state index in [9.17, 15) is 0 Å². The lowest BCUT2D eigenvalue weighted by molar-refractivity contribution is 0.794. The van der Waals surface area contributed by atoms with Crippen LogP contribution in [0.4, 0.5) is 11.8 Å². The van der Waals surface area contributed by atoms with Crippen LogP contribution in [0.5, 0.6) is 0 Å². The number of hydrogen-bond acceptors (Lipinski definition) is 4. The van der Waals surface area contributed by atoms with Crippen LogP contribution in [0.15, 0.2) is 4.47 Å². The molecule has 1 rings (SSSR count). The van der Waals surface area contributed by atoms with E-state index in [0.717, 1.165) is 54.4 Å². The van der Waals surface area contributed by atoms with Gasteiger partial charge in [0.1, 0.15) is 5.82 Å². The molecular formula is C13H23BrN4. The molecule has 102 valence electrons. The van der Waals surface area contributed by atoms with Crippen molar-refractivity contribution in [1.82, 2.24) is 9.97 Å². The first-order chi connectivity index (χ1) is 8.67. The molecule has 0 aliphatic carbocycles. The zero-order valence-corrected chi connectivity index (χ0v) is 13.3. The molecule has 0 aliphatic rings. The van der Waals surface area contributed by atoms with Crippen LogP contribution in [-0.2, 0) is 6.42 Å². The van der Waals surface area contributed by atoms with Crippen LogP contribution in [0.25, 0.3) is 0 Å². The second kappa shape index (κ2) is 7.56. The van der Waals surface area contributed by atoms with Crippen LogP contribution >= 0.6 is 15.9 Å². The number of halogens is 1. The van der Waals surface area contributed by atoms with Crippen molar-refractivity contribution in [3.05, 3.63) is 10.2 Å². The van der Waals surface area contributed by atoms with Crippen molar-refractivity contribution < 1.29 is 0 Å². The normalized spacial score (nSPS) is 10.5. The van der Waals surface area contributed by atoms with E-state index < -0.39 is 0 Å². The van der Waals surface area contributed by atoms with Gasteiger partial charge in [0.25, 0.3) is 0 Å². The van der Waals surface area contributed by atoms with Gasteiger partial charge in [-0.05, 0) is 43.1 Å². The van der Waals surface area contributed by atoms with Crippen LogP contribution in [0, 0.1) is 0 Å². The predicted octanol–water partition coefficient (Wildman–Crippen LogP) is 3.47. The van der Waals surface area contributed by atoms with Crippen LogP contribution < -0.4 is 10.2 Å². The summed E-state index contributed by atoms with van der Waals surface area (Å²) in [5.74, 6) is 1.72. The lowest BCUT2D eigenvalue weighted by atomic mass is 10.2. The summed E-state index contributed by atoms with van der Waals surface area (Å²) in [5, 5.41) is 3.29. The van der Waals surface area contributed by atoms with Gasteiger partial charge >= 0.3 is 0 Å². The van der Waals surface area contributed by atoms with E-state index >= 15 is 0 Å². The lowest BCUT2D eigenvalue weighted by Gasteiger charge is -2.21. The number of nitrogens with one attached hydrogen (secondary N) is 1. The van der Waals surface area contributed by atoms with Crippen LogP contribution in [-0.4, -0.2) is 29.6 Å². The molecule has 1 heterocycles. The van der Waals surface area contributed by atoms with Gasteiger partial charge in [-0.1, -0.05) is 13.3 Å². The minimum absolute atomic E-state index is 0.822. The Hall–Kier alpha value is -0.840. The first-order valence-corrected chi connectivity index (χ1v) is 7.52. The van der Waals surface area contributed by atoms with Gasteiger partial charge in [-0.25, -0.2) is 4.98 Å². The maximum atomic E-state index is 4.67. The third kappa shape index (κ3) is 3.57. The average Bonchev–Trinajstić information content (AvgIpc) is 2.36. The van der Waals surface area contributed by atoms with Gasteiger partial charge in [0.05, 0.1) is 10.2 Å². The van der Waals surface area contributed by atoms with E-state index in [1.807, 2.05) is 0 Å². The highest BCUT2D eigenvalue weighted by Gasteiger charge is 2.14. The topological polar surface area (TPSA) is 41.1 Å². The van der Waals surface area contributed by atoms with E-state index in [1.165, 1.54) is 0 Å². The first kappa shape index (κ1) is 15.2. The Morgan fingerprint density at radius 2 is 1.78 bits per heavy atom. The molecule has 5 heteroatoms. The highest BCUT2D eigenvalue weighted by Crippen LogP contribution is 2.27. The molecule has 0 fully saturated rings. The largest absolute Gasteiger partial charge is 0.369 e. The fourth-order valence-electron chi connectivity index (χ4n) is 1.82. The fraction of sp³-hybridized carbons (Fsp3) is 0.692. The lowest BCUT2D eigenvalue weighted by Crippen LogP contribution is -2.25. The smallest absolute Gasteiger partial charge is 0.227 e. The average molecular weight is 315 g/mol. The molecule has 1 N–H and O–H groups in total. The summed E-state index contributed by atoms with van der Waals surface area (Å²) in [6.45, 7) is 11.2. The molecule has 0 unspecified atom stereocenters. The third-order valence-corrected chi connectivity index (χ3v) is 3.62. The molecule has 0 saturated heterocycles. The second-order valence-corrected chi connectivity index (χ2v) is 4.88. The molecular weight excluding hydrogens is 292 g/mol. The standard InChI is InChI=1S/C13H23BrN4/c1-5-9-10-11(14)12(15-6-2)17-13(16-10)18(7-3)8-4/h5-9H2,1-4H3,(H,15,16,17). The molecule has 0 spiro atoms. The molecule has 0 saturated carbocycles. The number of aryl methyl sites for hydroxylation is 1. The Labute approximate surface area is 118 Å². The Bertz CT molecular complexity index is 350. The van der Waals surface area contributed by atoms with Crippen LogP contribution in [0.2, 0.25) is 0 Å². The van der Waals surface area contributed by atoms with Gasteiger partial charge in [-0.15, -0.1) is 0 Å². The summed E-state index contributed by atoms with van der Waals surface area (Å²) >= 11 is 3.60. The predicted molar refractivity (Wildman–Crippen MR) is 81.5 cm³/mol. The zero-order chi connectivity index (χ0) is 13.5. The summed E-state index contributed by atoms with van der Waals surface area (Å²) < 4.78 is 1.00. The van der Waals surface area contributed by atoms with Crippen molar-refractivity contribution in [1.29, 1.82) is 0 Å². The SMILES string of the molecule is CCCc1nc(N(CC)CC)nc(NCC)c1Br. The van der Waals surface area contributed by atoms with Gasteiger partial charge in [0.15, 0.2) is 0 Å². The fourth-order valence-corrected chi connectivity index (χ4v) is 2.33. The zero-order valence-electron chi connectivity index (χ0n) is 11.8. The van der Waals surface area contributed by atoms with E-state index in [0.29, 0.717) is 0 Å². The second-order valence-electron chi connectivity index (χ2n) is 4.09. The Balaban J connectivity index is 3.18. The summed E-state index contributed by atoms with van der Waals surface area (Å²) in [5.41, 5.74) is 1.09. The van der Waals surface area contributed by atoms with Crippen molar-refractivity contribution in [3.8, 4) is 0 Å². The number of aromatic nitrogens is 2. The molecule has 4 nitrogen and oxygen atoms in total. The van der Waals surface area contributed by atoms with Crippen molar-refractivity contribution in [3.63, 3.8) is 0 Å². The molecule has 0 aromatic carbocycles. The highest BCUT2D eigenvalue weighted by atomic mass is 79.9. The van der Waals surface area contributed by atoms with Crippen LogP contribution in [0.3, 0.4) is 0 Å². The number of nitrogens with zero attached hydrogens (tertiary/aromatic N) is 3. The molecule has 0 amide bonds. The summed E-state index contributed by atoms with van der Waals surface area (Å²) in [6, 6.07) is 0. The summed E-state index contributed by atoms with van der Waals surface area (Å²) in [6.07, 6.45) is 2.05. The molecule has 0 bridgehead atoms. The monoisotopic (exact) mass is 314 g/mol. The van der Waals surface area contributed by atoms with E-state index in [4.69, 9.17) is 0 Å². The maximum Gasteiger partial charge on any atom is 0.227 e. The van der Waals surface area contributed by atoms with Crippen LogP contribution in [0.1, 0.15) is 39.8 Å². The Kier molecular flexibility index (Phi) is 6.39. The van der Waals surface area contributed by atoms with Gasteiger partial charge < -0.3 is 10.2 Å². The quantitative estimate of drug-likeness (QED) is 0.836. The Morgan fingerprint density at radius 3 is 2.28 bits per heavy atom. The minimum atomic E-state index is 0.822. The van der Waals surface area contributed by atoms with Gasteiger partial charge in [-0.2, -0.15) is 4.98 Å². The molecule has 1 aromatic rings. The van der Waals surface area contributed by atoms with E-state index in [2.05, 4.69) is 63.8 Å². The maximum absolute atomic E-state index is 4.67. The molecule has 18 heavy (non-hydrogen) atoms. The van der Waals surface area contributed by atoms with Gasteiger partial charge in [0.2, 0.25) is 5.95 Å². The van der Waals surface area contributed by atoms with E-state index in [1.54, 1.807) is 0 Å². The molecule has 0 atom stereocenters. The van der Waals surface area contributed by atoms with Crippen molar-refractivity contribution in [2.45, 2.75) is 40.5 Å². The van der Waals surface area contributed by atoms with Gasteiger partial charge in [-0.3, -0.25) is 0 Å². The third-order valence-electron chi connectivity index (χ3n) is 2.79. The number of hydrogen-bond donors (Lipinski definition) is 1. The first-order valence-electron chi connectivity index (χ1n) is 6.73. The van der Waals surface area contributed by atoms with Crippen molar-refractivity contribution in [2.24, 2.45) is 0 Å². The van der Waals surface area contributed by atoms with Crippen molar-refractivity contribution in [2.75, 3.05) is 29.9 Å².